The minimum atomic E-state index is 1.18. The smallest absolute Gasteiger partial charge is 0.0346 e. The summed E-state index contributed by atoms with van der Waals surface area (Å²) >= 11 is 0. The maximum atomic E-state index is 4.20. The summed E-state index contributed by atoms with van der Waals surface area (Å²) in [5.41, 5.74) is 2.62. The number of hydrogen-bond donors (Lipinski definition) is 0. The molecule has 84 valence electrons. The van der Waals surface area contributed by atoms with Gasteiger partial charge < -0.3 is 0 Å². The van der Waals surface area contributed by atoms with Gasteiger partial charge in [-0.1, -0.05) is 42.5 Å². The molecule has 2 aliphatic rings. The Morgan fingerprint density at radius 1 is 0.667 bits per heavy atom. The summed E-state index contributed by atoms with van der Waals surface area (Å²) in [5, 5.41) is 5.07. The number of fused-ring (bicyclic) bond motifs is 5. The van der Waals surface area contributed by atoms with Crippen LogP contribution in [0.4, 0.5) is 0 Å². The Balaban J connectivity index is 2.28. The minimum Gasteiger partial charge on any atom is -0.264 e. The first-order chi connectivity index (χ1) is 8.93. The topological polar surface area (TPSA) is 12.9 Å². The fourth-order valence-corrected chi connectivity index (χ4v) is 2.68. The van der Waals surface area contributed by atoms with Crippen LogP contribution in [0, 0.1) is 0 Å². The van der Waals surface area contributed by atoms with E-state index in [1.807, 2.05) is 12.4 Å². The van der Waals surface area contributed by atoms with Gasteiger partial charge in [0.25, 0.3) is 0 Å². The molecule has 0 fully saturated rings. The standard InChI is InChI=1S/C17H11N/c1-2-6-14-12(4-1)10-17-15-8-9-18-11-13(15)5-3-7-16(14)17/h1-11H. The predicted octanol–water partition coefficient (Wildman–Crippen LogP) is 4.49. The Labute approximate surface area is 105 Å². The van der Waals surface area contributed by atoms with Crippen LogP contribution in [0.15, 0.2) is 67.0 Å². The van der Waals surface area contributed by atoms with Crippen molar-refractivity contribution >= 4 is 21.5 Å². The van der Waals surface area contributed by atoms with Gasteiger partial charge in [0.2, 0.25) is 0 Å². The molecule has 0 unspecified atom stereocenters. The van der Waals surface area contributed by atoms with E-state index < -0.39 is 0 Å². The van der Waals surface area contributed by atoms with Gasteiger partial charge >= 0.3 is 0 Å². The summed E-state index contributed by atoms with van der Waals surface area (Å²) < 4.78 is 0. The minimum absolute atomic E-state index is 1.18. The van der Waals surface area contributed by atoms with Gasteiger partial charge in [-0.2, -0.15) is 0 Å². The van der Waals surface area contributed by atoms with Crippen LogP contribution in [-0.4, -0.2) is 4.98 Å². The number of pyridine rings is 1. The molecule has 1 nitrogen and oxygen atoms in total. The van der Waals surface area contributed by atoms with Gasteiger partial charge in [-0.25, -0.2) is 0 Å². The van der Waals surface area contributed by atoms with Crippen LogP contribution in [0.25, 0.3) is 32.7 Å². The second kappa shape index (κ2) is 3.54. The zero-order valence-electron chi connectivity index (χ0n) is 9.80. The lowest BCUT2D eigenvalue weighted by Gasteiger charge is -1.97. The molecule has 0 saturated heterocycles. The van der Waals surface area contributed by atoms with Crippen molar-refractivity contribution in [1.29, 1.82) is 0 Å². The lowest BCUT2D eigenvalue weighted by molar-refractivity contribution is 1.37. The van der Waals surface area contributed by atoms with E-state index in [1.165, 1.54) is 32.7 Å². The highest BCUT2D eigenvalue weighted by molar-refractivity contribution is 6.10. The maximum absolute atomic E-state index is 4.20. The molecule has 0 radical (unpaired) electrons. The molecule has 1 heterocycles. The van der Waals surface area contributed by atoms with Crippen molar-refractivity contribution in [3.63, 3.8) is 0 Å². The van der Waals surface area contributed by atoms with Gasteiger partial charge in [0, 0.05) is 17.8 Å². The van der Waals surface area contributed by atoms with Crippen LogP contribution in [0.1, 0.15) is 0 Å². The fourth-order valence-electron chi connectivity index (χ4n) is 2.68. The highest BCUT2D eigenvalue weighted by Gasteiger charge is 2.10. The van der Waals surface area contributed by atoms with E-state index in [0.717, 1.165) is 0 Å². The average Bonchev–Trinajstić information content (AvgIpc) is 2.69. The Morgan fingerprint density at radius 3 is 2.50 bits per heavy atom. The highest BCUT2D eigenvalue weighted by Crippen LogP contribution is 2.37. The third kappa shape index (κ3) is 1.25. The van der Waals surface area contributed by atoms with Crippen molar-refractivity contribution in [2.75, 3.05) is 0 Å². The first-order valence-electron chi connectivity index (χ1n) is 6.08. The van der Waals surface area contributed by atoms with Crippen LogP contribution in [0.2, 0.25) is 0 Å². The molecule has 18 heavy (non-hydrogen) atoms. The number of hydrogen-bond acceptors (Lipinski definition) is 1. The summed E-state index contributed by atoms with van der Waals surface area (Å²) in [5.74, 6) is 0. The Hall–Kier alpha value is -2.41. The van der Waals surface area contributed by atoms with Crippen LogP contribution >= 0.6 is 0 Å². The SMILES string of the molecule is c1cc2c3ccccc3cc-2c2ccncc2c1. The van der Waals surface area contributed by atoms with E-state index in [-0.39, 0.29) is 0 Å². The second-order valence-corrected chi connectivity index (χ2v) is 4.55. The Kier molecular flexibility index (Phi) is 1.89. The van der Waals surface area contributed by atoms with Crippen molar-refractivity contribution < 1.29 is 0 Å². The van der Waals surface area contributed by atoms with Crippen molar-refractivity contribution in [1.82, 2.24) is 4.98 Å². The van der Waals surface area contributed by atoms with E-state index >= 15 is 0 Å². The molecular weight excluding hydrogens is 218 g/mol. The maximum Gasteiger partial charge on any atom is 0.0346 e. The first-order valence-corrected chi connectivity index (χ1v) is 6.08. The summed E-state index contributed by atoms with van der Waals surface area (Å²) in [6.45, 7) is 0. The zero-order valence-corrected chi connectivity index (χ0v) is 9.80. The normalized spacial score (nSPS) is 11.3. The molecule has 0 atom stereocenters. The molecule has 1 aromatic carbocycles. The van der Waals surface area contributed by atoms with Crippen LogP contribution in [0.5, 0.6) is 0 Å². The lowest BCUT2D eigenvalue weighted by atomic mass is 10.1. The van der Waals surface area contributed by atoms with Gasteiger partial charge in [-0.3, -0.25) is 4.98 Å². The monoisotopic (exact) mass is 229 g/mol. The van der Waals surface area contributed by atoms with Gasteiger partial charge in [0.15, 0.2) is 0 Å². The predicted molar refractivity (Wildman–Crippen MR) is 75.9 cm³/mol. The van der Waals surface area contributed by atoms with Crippen molar-refractivity contribution in [3.8, 4) is 11.1 Å². The molecule has 0 aliphatic heterocycles. The van der Waals surface area contributed by atoms with E-state index in [1.54, 1.807) is 0 Å². The zero-order chi connectivity index (χ0) is 11.9. The van der Waals surface area contributed by atoms with Gasteiger partial charge in [0.1, 0.15) is 0 Å². The third-order valence-electron chi connectivity index (χ3n) is 3.52. The molecule has 1 heteroatoms. The molecule has 0 amide bonds. The van der Waals surface area contributed by atoms with Crippen molar-refractivity contribution in [2.24, 2.45) is 0 Å². The molecule has 1 aromatic heterocycles. The number of benzene rings is 1. The van der Waals surface area contributed by atoms with Crippen LogP contribution in [-0.2, 0) is 0 Å². The number of rotatable bonds is 0. The lowest BCUT2D eigenvalue weighted by Crippen LogP contribution is -1.73. The molecule has 0 spiro atoms. The van der Waals surface area contributed by atoms with Gasteiger partial charge in [-0.15, -0.1) is 0 Å². The summed E-state index contributed by atoms with van der Waals surface area (Å²) in [4.78, 5) is 4.20. The van der Waals surface area contributed by atoms with Crippen LogP contribution in [0.3, 0.4) is 0 Å². The van der Waals surface area contributed by atoms with E-state index in [9.17, 15) is 0 Å². The van der Waals surface area contributed by atoms with E-state index in [4.69, 9.17) is 0 Å². The molecule has 0 saturated carbocycles. The van der Waals surface area contributed by atoms with Crippen molar-refractivity contribution in [3.05, 3.63) is 67.0 Å². The summed E-state index contributed by atoms with van der Waals surface area (Å²) in [6.07, 6.45) is 3.78. The largest absolute Gasteiger partial charge is 0.264 e. The molecule has 2 aromatic rings. The first kappa shape index (κ1) is 9.60. The molecule has 4 rings (SSSR count). The van der Waals surface area contributed by atoms with Crippen LogP contribution < -0.4 is 0 Å². The quantitative estimate of drug-likeness (QED) is 0.433. The van der Waals surface area contributed by atoms with Gasteiger partial charge in [0.05, 0.1) is 0 Å². The summed E-state index contributed by atoms with van der Waals surface area (Å²) in [6, 6.07) is 19.3. The van der Waals surface area contributed by atoms with Crippen molar-refractivity contribution in [2.45, 2.75) is 0 Å². The molecule has 0 bridgehead atoms. The van der Waals surface area contributed by atoms with Gasteiger partial charge in [-0.05, 0) is 39.4 Å². The Morgan fingerprint density at radius 2 is 1.50 bits per heavy atom. The number of aromatic nitrogens is 1. The fraction of sp³-hybridized carbons (Fsp3) is 0. The highest BCUT2D eigenvalue weighted by atomic mass is 14.6. The molecular formula is C17H11N. The molecule has 0 N–H and O–H groups in total. The van der Waals surface area contributed by atoms with E-state index in [0.29, 0.717) is 0 Å². The van der Waals surface area contributed by atoms with E-state index in [2.05, 4.69) is 59.6 Å². The third-order valence-corrected chi connectivity index (χ3v) is 3.52. The summed E-state index contributed by atoms with van der Waals surface area (Å²) in [7, 11) is 0. The second-order valence-electron chi connectivity index (χ2n) is 4.55. The number of nitrogens with zero attached hydrogens (tertiary/aromatic N) is 1. The molecule has 2 aliphatic carbocycles. The average molecular weight is 229 g/mol. The Bertz CT molecular complexity index is 833.